The molecule has 2 saturated carbocycles. The maximum absolute atomic E-state index is 12.7. The Bertz CT molecular complexity index is 795. The molecular weight excluding hydrogens is 356 g/mol. The number of allylic oxidation sites excluding steroid dienone is 2. The molecular formula is C22H26N2O4. The number of anilines is 1. The number of rotatable bonds is 5. The molecule has 4 unspecified atom stereocenters. The number of carbonyl (C=O) groups is 3. The summed E-state index contributed by atoms with van der Waals surface area (Å²) in [5.74, 6) is -2.52. The van der Waals surface area contributed by atoms with Crippen LogP contribution in [0.15, 0.2) is 36.4 Å². The van der Waals surface area contributed by atoms with Crippen LogP contribution in [0.1, 0.15) is 48.9 Å². The molecule has 3 aliphatic carbocycles. The molecule has 3 aliphatic rings. The van der Waals surface area contributed by atoms with Crippen molar-refractivity contribution in [2.24, 2.45) is 23.7 Å². The number of carboxylic acid groups (broad SMARTS) is 1. The summed E-state index contributed by atoms with van der Waals surface area (Å²) in [6.07, 6.45) is 10.2. The lowest BCUT2D eigenvalue weighted by Gasteiger charge is -2.24. The van der Waals surface area contributed by atoms with E-state index in [1.165, 1.54) is 6.42 Å². The van der Waals surface area contributed by atoms with Gasteiger partial charge in [0.25, 0.3) is 5.91 Å². The standard InChI is InChI=1S/C22H26N2O4/c25-20(23-16-4-2-1-3-5-16)13-8-10-17(11-9-13)24-21(26)18-14-6-7-15(12-14)19(18)22(27)28/h6-11,14-16,18-19H,1-5,12H2,(H,23,25)(H,24,26)(H,27,28). The van der Waals surface area contributed by atoms with Crippen LogP contribution in [-0.4, -0.2) is 28.9 Å². The van der Waals surface area contributed by atoms with E-state index in [2.05, 4.69) is 10.6 Å². The number of amides is 2. The molecule has 6 heteroatoms. The first kappa shape index (κ1) is 18.7. The Labute approximate surface area is 164 Å². The Morgan fingerprint density at radius 3 is 2.18 bits per heavy atom. The number of carboxylic acids is 1. The number of fused-ring (bicyclic) bond motifs is 2. The van der Waals surface area contributed by atoms with Crippen LogP contribution in [-0.2, 0) is 9.59 Å². The largest absolute Gasteiger partial charge is 0.481 e. The predicted octanol–water partition coefficient (Wildman–Crippen LogP) is 3.21. The molecule has 0 spiro atoms. The predicted molar refractivity (Wildman–Crippen MR) is 105 cm³/mol. The minimum Gasteiger partial charge on any atom is -0.481 e. The minimum absolute atomic E-state index is 0.00774. The maximum Gasteiger partial charge on any atom is 0.307 e. The summed E-state index contributed by atoms with van der Waals surface area (Å²) < 4.78 is 0. The second kappa shape index (κ2) is 7.78. The fourth-order valence-corrected chi connectivity index (χ4v) is 4.96. The molecule has 4 atom stereocenters. The smallest absolute Gasteiger partial charge is 0.307 e. The summed E-state index contributed by atoms with van der Waals surface area (Å²) in [6, 6.07) is 7.05. The Balaban J connectivity index is 1.37. The van der Waals surface area contributed by atoms with Gasteiger partial charge in [0.1, 0.15) is 0 Å². The van der Waals surface area contributed by atoms with E-state index in [1.54, 1.807) is 24.3 Å². The van der Waals surface area contributed by atoms with E-state index in [0.29, 0.717) is 11.3 Å². The topological polar surface area (TPSA) is 95.5 Å². The van der Waals surface area contributed by atoms with Crippen LogP contribution in [0, 0.1) is 23.7 Å². The van der Waals surface area contributed by atoms with Crippen molar-refractivity contribution in [3.63, 3.8) is 0 Å². The highest BCUT2D eigenvalue weighted by Crippen LogP contribution is 2.48. The van der Waals surface area contributed by atoms with E-state index in [9.17, 15) is 19.5 Å². The van der Waals surface area contributed by atoms with Crippen molar-refractivity contribution < 1.29 is 19.5 Å². The minimum atomic E-state index is -0.910. The van der Waals surface area contributed by atoms with Gasteiger partial charge in [-0.1, -0.05) is 31.4 Å². The summed E-state index contributed by atoms with van der Waals surface area (Å²) in [5, 5.41) is 15.4. The van der Waals surface area contributed by atoms with Gasteiger partial charge < -0.3 is 15.7 Å². The first-order valence-electron chi connectivity index (χ1n) is 10.2. The number of aliphatic carboxylic acids is 1. The zero-order valence-electron chi connectivity index (χ0n) is 15.8. The lowest BCUT2D eigenvalue weighted by atomic mass is 9.82. The fourth-order valence-electron chi connectivity index (χ4n) is 4.96. The average molecular weight is 382 g/mol. The van der Waals surface area contributed by atoms with E-state index < -0.39 is 17.8 Å². The van der Waals surface area contributed by atoms with Crippen molar-refractivity contribution in [1.82, 2.24) is 5.32 Å². The number of hydrogen-bond acceptors (Lipinski definition) is 3. The maximum atomic E-state index is 12.7. The van der Waals surface area contributed by atoms with Crippen molar-refractivity contribution in [2.45, 2.75) is 44.6 Å². The van der Waals surface area contributed by atoms with E-state index in [1.807, 2.05) is 12.2 Å². The van der Waals surface area contributed by atoms with Gasteiger partial charge in [-0.15, -0.1) is 0 Å². The van der Waals surface area contributed by atoms with Crippen LogP contribution in [0.5, 0.6) is 0 Å². The van der Waals surface area contributed by atoms with Gasteiger partial charge in [0.15, 0.2) is 0 Å². The van der Waals surface area contributed by atoms with Gasteiger partial charge >= 0.3 is 5.97 Å². The number of hydrogen-bond donors (Lipinski definition) is 3. The molecule has 0 saturated heterocycles. The summed E-state index contributed by atoms with van der Waals surface area (Å²) >= 11 is 0. The number of nitrogens with one attached hydrogen (secondary N) is 2. The zero-order chi connectivity index (χ0) is 19.7. The molecule has 28 heavy (non-hydrogen) atoms. The van der Waals surface area contributed by atoms with Crippen molar-refractivity contribution >= 4 is 23.5 Å². The monoisotopic (exact) mass is 382 g/mol. The third-order valence-electron chi connectivity index (χ3n) is 6.40. The Morgan fingerprint density at radius 1 is 0.893 bits per heavy atom. The van der Waals surface area contributed by atoms with Gasteiger partial charge in [0, 0.05) is 17.3 Å². The molecule has 0 aromatic heterocycles. The van der Waals surface area contributed by atoms with E-state index in [4.69, 9.17) is 0 Å². The van der Waals surface area contributed by atoms with Gasteiger partial charge in [-0.05, 0) is 55.4 Å². The van der Waals surface area contributed by atoms with Gasteiger partial charge in [0.2, 0.25) is 5.91 Å². The van der Waals surface area contributed by atoms with Crippen molar-refractivity contribution in [3.05, 3.63) is 42.0 Å². The van der Waals surface area contributed by atoms with Crippen molar-refractivity contribution in [2.75, 3.05) is 5.32 Å². The van der Waals surface area contributed by atoms with E-state index in [-0.39, 0.29) is 29.7 Å². The second-order valence-electron chi connectivity index (χ2n) is 8.21. The summed E-state index contributed by atoms with van der Waals surface area (Å²) in [7, 11) is 0. The highest BCUT2D eigenvalue weighted by atomic mass is 16.4. The van der Waals surface area contributed by atoms with Crippen LogP contribution < -0.4 is 10.6 Å². The van der Waals surface area contributed by atoms with Gasteiger partial charge in [-0.2, -0.15) is 0 Å². The zero-order valence-corrected chi connectivity index (χ0v) is 15.8. The molecule has 4 rings (SSSR count). The van der Waals surface area contributed by atoms with Crippen molar-refractivity contribution in [1.29, 1.82) is 0 Å². The van der Waals surface area contributed by atoms with Crippen LogP contribution in [0.3, 0.4) is 0 Å². The lowest BCUT2D eigenvalue weighted by molar-refractivity contribution is -0.146. The van der Waals surface area contributed by atoms with Gasteiger partial charge in [0.05, 0.1) is 11.8 Å². The molecule has 3 N–H and O–H groups in total. The normalized spacial score (nSPS) is 28.9. The quantitative estimate of drug-likeness (QED) is 0.682. The molecule has 0 heterocycles. The molecule has 148 valence electrons. The van der Waals surface area contributed by atoms with E-state index in [0.717, 1.165) is 32.1 Å². The molecule has 2 bridgehead atoms. The molecule has 2 amide bonds. The first-order chi connectivity index (χ1) is 13.5. The fraction of sp³-hybridized carbons (Fsp3) is 0.500. The molecule has 0 aliphatic heterocycles. The van der Waals surface area contributed by atoms with E-state index >= 15 is 0 Å². The Hall–Kier alpha value is -2.63. The van der Waals surface area contributed by atoms with Crippen LogP contribution in [0.2, 0.25) is 0 Å². The van der Waals surface area contributed by atoms with Gasteiger partial charge in [-0.3, -0.25) is 14.4 Å². The highest BCUT2D eigenvalue weighted by Gasteiger charge is 2.51. The second-order valence-corrected chi connectivity index (χ2v) is 8.21. The van der Waals surface area contributed by atoms with Crippen LogP contribution in [0.4, 0.5) is 5.69 Å². The Morgan fingerprint density at radius 2 is 1.54 bits per heavy atom. The molecule has 1 aromatic carbocycles. The first-order valence-corrected chi connectivity index (χ1v) is 10.2. The Kier molecular flexibility index (Phi) is 5.20. The van der Waals surface area contributed by atoms with Crippen molar-refractivity contribution in [3.8, 4) is 0 Å². The SMILES string of the molecule is O=C(NC1CCCCC1)c1ccc(NC(=O)C2C3C=CC(C3)C2C(=O)O)cc1. The number of benzene rings is 1. The highest BCUT2D eigenvalue weighted by molar-refractivity contribution is 5.98. The third kappa shape index (κ3) is 3.68. The summed E-state index contributed by atoms with van der Waals surface area (Å²) in [4.78, 5) is 36.7. The lowest BCUT2D eigenvalue weighted by Crippen LogP contribution is -2.36. The number of carbonyl (C=O) groups excluding carboxylic acids is 2. The van der Waals surface area contributed by atoms with Crippen LogP contribution >= 0.6 is 0 Å². The summed E-state index contributed by atoms with van der Waals surface area (Å²) in [6.45, 7) is 0. The average Bonchev–Trinajstić information content (AvgIpc) is 3.31. The van der Waals surface area contributed by atoms with Crippen LogP contribution in [0.25, 0.3) is 0 Å². The molecule has 6 nitrogen and oxygen atoms in total. The summed E-state index contributed by atoms with van der Waals surface area (Å²) in [5.41, 5.74) is 1.14. The molecule has 1 aromatic rings. The molecule has 0 radical (unpaired) electrons. The van der Waals surface area contributed by atoms with Gasteiger partial charge in [-0.25, -0.2) is 0 Å². The molecule has 2 fully saturated rings. The third-order valence-corrected chi connectivity index (χ3v) is 6.40.